The largest absolute Gasteiger partial charge is 0.493 e. The highest BCUT2D eigenvalue weighted by atomic mass is 16.5. The van der Waals surface area contributed by atoms with Gasteiger partial charge in [0.1, 0.15) is 0 Å². The molecule has 0 atom stereocenters. The molecule has 0 aliphatic carbocycles. The molecule has 24 heavy (non-hydrogen) atoms. The molecule has 0 aromatic heterocycles. The first-order chi connectivity index (χ1) is 11.3. The molecule has 2 rings (SSSR count). The van der Waals surface area contributed by atoms with Crippen LogP contribution in [0.25, 0.3) is 0 Å². The summed E-state index contributed by atoms with van der Waals surface area (Å²) in [6, 6.07) is 12.7. The number of carbonyl (C=O) groups excluding carboxylic acids is 1. The van der Waals surface area contributed by atoms with Gasteiger partial charge in [0.15, 0.2) is 11.5 Å². The Hall–Kier alpha value is -2.69. The fraction of sp³-hybridized carbons (Fsp3) is 0.316. The smallest absolute Gasteiger partial charge is 0.323 e. The lowest BCUT2D eigenvalue weighted by Gasteiger charge is -2.19. The fourth-order valence-corrected chi connectivity index (χ4v) is 2.26. The van der Waals surface area contributed by atoms with Crippen LogP contribution in [0.4, 0.5) is 16.2 Å². The van der Waals surface area contributed by atoms with Crippen molar-refractivity contribution in [3.63, 3.8) is 0 Å². The zero-order valence-electron chi connectivity index (χ0n) is 14.8. The highest BCUT2D eigenvalue weighted by molar-refractivity contribution is 5.99. The Morgan fingerprint density at radius 2 is 1.38 bits per heavy atom. The van der Waals surface area contributed by atoms with Crippen LogP contribution in [0.5, 0.6) is 11.5 Å². The lowest BCUT2D eigenvalue weighted by molar-refractivity contribution is 0.262. The van der Waals surface area contributed by atoms with E-state index in [4.69, 9.17) is 9.47 Å². The van der Waals surface area contributed by atoms with Crippen LogP contribution >= 0.6 is 0 Å². The number of nitrogens with one attached hydrogen (secondary N) is 2. The van der Waals surface area contributed by atoms with Crippen LogP contribution in [-0.2, 0) is 5.41 Å². The van der Waals surface area contributed by atoms with E-state index >= 15 is 0 Å². The molecule has 2 aromatic rings. The van der Waals surface area contributed by atoms with Crippen LogP contribution in [0.3, 0.4) is 0 Å². The molecule has 0 saturated carbocycles. The SMILES string of the molecule is COc1ccc(NC(=O)Nc2ccc(C(C)(C)C)cc2)cc1OC. The Bertz CT molecular complexity index is 704. The van der Waals surface area contributed by atoms with Crippen molar-refractivity contribution < 1.29 is 14.3 Å². The average Bonchev–Trinajstić information content (AvgIpc) is 2.54. The molecule has 0 heterocycles. The van der Waals surface area contributed by atoms with E-state index in [0.29, 0.717) is 17.2 Å². The van der Waals surface area contributed by atoms with E-state index in [2.05, 4.69) is 31.4 Å². The molecule has 0 fully saturated rings. The number of anilines is 2. The van der Waals surface area contributed by atoms with E-state index in [1.165, 1.54) is 5.56 Å². The third-order valence-electron chi connectivity index (χ3n) is 3.65. The number of hydrogen-bond acceptors (Lipinski definition) is 3. The summed E-state index contributed by atoms with van der Waals surface area (Å²) in [5.74, 6) is 1.17. The molecule has 0 unspecified atom stereocenters. The second-order valence-corrected chi connectivity index (χ2v) is 6.48. The van der Waals surface area contributed by atoms with Crippen LogP contribution in [0.1, 0.15) is 26.3 Å². The molecule has 128 valence electrons. The van der Waals surface area contributed by atoms with Gasteiger partial charge >= 0.3 is 6.03 Å². The topological polar surface area (TPSA) is 59.6 Å². The molecule has 0 saturated heterocycles. The molecule has 2 amide bonds. The molecule has 0 bridgehead atoms. The molecule has 2 N–H and O–H groups in total. The number of carbonyl (C=O) groups is 1. The van der Waals surface area contributed by atoms with Gasteiger partial charge in [-0.1, -0.05) is 32.9 Å². The van der Waals surface area contributed by atoms with Gasteiger partial charge in [-0.2, -0.15) is 0 Å². The van der Waals surface area contributed by atoms with Crippen molar-refractivity contribution in [2.75, 3.05) is 24.9 Å². The summed E-state index contributed by atoms with van der Waals surface area (Å²) in [5, 5.41) is 5.59. The summed E-state index contributed by atoms with van der Waals surface area (Å²) in [7, 11) is 3.12. The summed E-state index contributed by atoms with van der Waals surface area (Å²) in [6.45, 7) is 6.46. The Morgan fingerprint density at radius 3 is 1.92 bits per heavy atom. The minimum Gasteiger partial charge on any atom is -0.493 e. The highest BCUT2D eigenvalue weighted by Gasteiger charge is 2.13. The van der Waals surface area contributed by atoms with Crippen molar-refractivity contribution in [2.24, 2.45) is 0 Å². The lowest BCUT2D eigenvalue weighted by atomic mass is 9.87. The zero-order valence-corrected chi connectivity index (χ0v) is 14.8. The quantitative estimate of drug-likeness (QED) is 0.859. The van der Waals surface area contributed by atoms with E-state index in [1.54, 1.807) is 32.4 Å². The van der Waals surface area contributed by atoms with Crippen molar-refractivity contribution in [3.05, 3.63) is 48.0 Å². The Labute approximate surface area is 143 Å². The number of ether oxygens (including phenoxy) is 2. The third-order valence-corrected chi connectivity index (χ3v) is 3.65. The van der Waals surface area contributed by atoms with Gasteiger partial charge in [0.2, 0.25) is 0 Å². The molecule has 5 nitrogen and oxygen atoms in total. The Kier molecular flexibility index (Phi) is 5.34. The van der Waals surface area contributed by atoms with Gasteiger partial charge < -0.3 is 20.1 Å². The maximum Gasteiger partial charge on any atom is 0.323 e. The number of benzene rings is 2. The molecule has 0 aliphatic rings. The van der Waals surface area contributed by atoms with Crippen LogP contribution in [0.2, 0.25) is 0 Å². The summed E-state index contributed by atoms with van der Waals surface area (Å²) in [6.07, 6.45) is 0. The van der Waals surface area contributed by atoms with Crippen molar-refractivity contribution in [1.82, 2.24) is 0 Å². The number of methoxy groups -OCH3 is 2. The number of amides is 2. The summed E-state index contributed by atoms with van der Waals surface area (Å²) < 4.78 is 10.4. The first-order valence-electron chi connectivity index (χ1n) is 7.74. The molecule has 0 spiro atoms. The van der Waals surface area contributed by atoms with Crippen molar-refractivity contribution >= 4 is 17.4 Å². The second kappa shape index (κ2) is 7.25. The average molecular weight is 328 g/mol. The monoisotopic (exact) mass is 328 g/mol. The zero-order chi connectivity index (χ0) is 17.7. The molecule has 5 heteroatoms. The van der Waals surface area contributed by atoms with Crippen LogP contribution in [0, 0.1) is 0 Å². The summed E-state index contributed by atoms with van der Waals surface area (Å²) in [4.78, 5) is 12.1. The van der Waals surface area contributed by atoms with Gasteiger partial charge in [-0.15, -0.1) is 0 Å². The molecular weight excluding hydrogens is 304 g/mol. The van der Waals surface area contributed by atoms with Gasteiger partial charge in [-0.3, -0.25) is 0 Å². The van der Waals surface area contributed by atoms with Gasteiger partial charge in [-0.25, -0.2) is 4.79 Å². The van der Waals surface area contributed by atoms with E-state index in [1.807, 2.05) is 24.3 Å². The first-order valence-corrected chi connectivity index (χ1v) is 7.74. The summed E-state index contributed by atoms with van der Waals surface area (Å²) >= 11 is 0. The maximum atomic E-state index is 12.1. The first kappa shape index (κ1) is 17.7. The molecular formula is C19H24N2O3. The maximum absolute atomic E-state index is 12.1. The fourth-order valence-electron chi connectivity index (χ4n) is 2.26. The molecule has 0 aliphatic heterocycles. The van der Waals surface area contributed by atoms with E-state index in [9.17, 15) is 4.79 Å². The Morgan fingerprint density at radius 1 is 0.833 bits per heavy atom. The predicted octanol–water partition coefficient (Wildman–Crippen LogP) is 4.65. The van der Waals surface area contributed by atoms with Crippen LogP contribution in [-0.4, -0.2) is 20.3 Å². The van der Waals surface area contributed by atoms with Crippen LogP contribution < -0.4 is 20.1 Å². The predicted molar refractivity (Wildman–Crippen MR) is 97.3 cm³/mol. The number of hydrogen-bond donors (Lipinski definition) is 2. The van der Waals surface area contributed by atoms with Crippen molar-refractivity contribution in [3.8, 4) is 11.5 Å². The second-order valence-electron chi connectivity index (χ2n) is 6.48. The van der Waals surface area contributed by atoms with Gasteiger partial charge in [0.25, 0.3) is 0 Å². The lowest BCUT2D eigenvalue weighted by Crippen LogP contribution is -2.19. The minimum absolute atomic E-state index is 0.0838. The van der Waals surface area contributed by atoms with Crippen molar-refractivity contribution in [2.45, 2.75) is 26.2 Å². The number of urea groups is 1. The molecule has 0 radical (unpaired) electrons. The Balaban J connectivity index is 2.03. The normalized spacial score (nSPS) is 10.9. The number of rotatable bonds is 4. The minimum atomic E-state index is -0.314. The van der Waals surface area contributed by atoms with Gasteiger partial charge in [0.05, 0.1) is 14.2 Å². The summed E-state index contributed by atoms with van der Waals surface area (Å²) in [5.41, 5.74) is 2.66. The van der Waals surface area contributed by atoms with E-state index < -0.39 is 0 Å². The van der Waals surface area contributed by atoms with Crippen molar-refractivity contribution in [1.29, 1.82) is 0 Å². The van der Waals surface area contributed by atoms with E-state index in [-0.39, 0.29) is 11.4 Å². The van der Waals surface area contributed by atoms with Gasteiger partial charge in [-0.05, 0) is 35.2 Å². The van der Waals surface area contributed by atoms with Gasteiger partial charge in [0, 0.05) is 17.4 Å². The van der Waals surface area contributed by atoms with E-state index in [0.717, 1.165) is 5.69 Å². The standard InChI is InChI=1S/C19H24N2O3/c1-19(2,3)13-6-8-14(9-7-13)20-18(22)21-15-10-11-16(23-4)17(12-15)24-5/h6-12H,1-5H3,(H2,20,21,22). The van der Waals surface area contributed by atoms with Crippen LogP contribution in [0.15, 0.2) is 42.5 Å². The molecule has 2 aromatic carbocycles. The highest BCUT2D eigenvalue weighted by Crippen LogP contribution is 2.30. The third kappa shape index (κ3) is 4.41.